The number of aryl methyl sites for hydroxylation is 2. The Morgan fingerprint density at radius 3 is 2.56 bits per heavy atom. The molecule has 0 aliphatic carbocycles. The van der Waals surface area contributed by atoms with E-state index in [1.807, 2.05) is 38.4 Å². The van der Waals surface area contributed by atoms with Gasteiger partial charge in [-0.1, -0.05) is 35.5 Å². The summed E-state index contributed by atoms with van der Waals surface area (Å²) in [4.78, 5) is 10.1. The molecule has 212 valence electrons. The molecule has 5 aromatic rings. The molecule has 1 aromatic carbocycles. The van der Waals surface area contributed by atoms with Crippen molar-refractivity contribution in [2.45, 2.75) is 25.8 Å². The maximum atomic E-state index is 13.9. The molecule has 0 bridgehead atoms. The van der Waals surface area contributed by atoms with Gasteiger partial charge < -0.3 is 19.2 Å². The van der Waals surface area contributed by atoms with Crippen LogP contribution in [0.15, 0.2) is 54.7 Å². The summed E-state index contributed by atoms with van der Waals surface area (Å²) in [6.07, 6.45) is 3.72. The number of quaternary nitrogens is 1. The van der Waals surface area contributed by atoms with Crippen molar-refractivity contribution in [2.75, 3.05) is 37.8 Å². The predicted molar refractivity (Wildman–Crippen MR) is 161 cm³/mol. The lowest BCUT2D eigenvalue weighted by atomic mass is 9.86. The van der Waals surface area contributed by atoms with Crippen LogP contribution >= 0.6 is 0 Å². The third-order valence-corrected chi connectivity index (χ3v) is 9.92. The number of rotatable bonds is 5. The third-order valence-electron chi connectivity index (χ3n) is 8.65. The van der Waals surface area contributed by atoms with E-state index in [4.69, 9.17) is 14.7 Å². The van der Waals surface area contributed by atoms with Crippen LogP contribution in [0.4, 0.5) is 5.82 Å². The summed E-state index contributed by atoms with van der Waals surface area (Å²) in [5.41, 5.74) is 6.42. The van der Waals surface area contributed by atoms with Crippen LogP contribution in [0.2, 0.25) is 0 Å². The highest BCUT2D eigenvalue weighted by molar-refractivity contribution is 7.85. The summed E-state index contributed by atoms with van der Waals surface area (Å²) in [5.74, 6) is 1.56. The molecule has 11 heteroatoms. The first-order chi connectivity index (χ1) is 19.9. The normalized spacial score (nSPS) is 22.9. The van der Waals surface area contributed by atoms with Crippen LogP contribution in [0.25, 0.3) is 33.3 Å². The van der Waals surface area contributed by atoms with Gasteiger partial charge in [0.25, 0.3) is 0 Å². The fourth-order valence-corrected chi connectivity index (χ4v) is 7.72. The van der Waals surface area contributed by atoms with Crippen LogP contribution in [0, 0.1) is 18.0 Å². The Labute approximate surface area is 240 Å². The molecule has 0 N–H and O–H groups in total. The molecular weight excluding hydrogens is 538 g/mol. The number of aromatic nitrogens is 6. The molecule has 6 heterocycles. The Bertz CT molecular complexity index is 1730. The number of ether oxygens (including phenoxy) is 1. The van der Waals surface area contributed by atoms with Crippen molar-refractivity contribution in [3.63, 3.8) is 0 Å². The van der Waals surface area contributed by atoms with Crippen molar-refractivity contribution < 1.29 is 8.95 Å². The second-order valence-electron chi connectivity index (χ2n) is 11.1. The van der Waals surface area contributed by atoms with Crippen LogP contribution in [-0.2, 0) is 22.6 Å². The highest BCUT2D eigenvalue weighted by Gasteiger charge is 2.33. The Morgan fingerprint density at radius 2 is 1.85 bits per heavy atom. The first kappa shape index (κ1) is 26.4. The van der Waals surface area contributed by atoms with E-state index in [1.54, 1.807) is 4.68 Å². The Hall–Kier alpha value is -3.51. The Balaban J connectivity index is 1.51. The second kappa shape index (κ2) is 10.4. The van der Waals surface area contributed by atoms with Crippen molar-refractivity contribution in [1.29, 1.82) is 0 Å². The Kier molecular flexibility index (Phi) is 6.69. The van der Waals surface area contributed by atoms with Gasteiger partial charge in [0.05, 0.1) is 53.1 Å². The van der Waals surface area contributed by atoms with Crippen molar-refractivity contribution in [1.82, 2.24) is 34.2 Å². The lowest BCUT2D eigenvalue weighted by molar-refractivity contribution is 0.0552. The fraction of sp³-hybridized carbons (Fsp3) is 0.400. The molecule has 4 aromatic heterocycles. The minimum Gasteiger partial charge on any atom is -0.626 e. The number of hydroxylamine groups is 2. The number of hydrogen-bond acceptors (Lipinski definition) is 7. The molecule has 0 unspecified atom stereocenters. The maximum absolute atomic E-state index is 13.9. The van der Waals surface area contributed by atoms with E-state index in [0.717, 1.165) is 51.9 Å². The van der Waals surface area contributed by atoms with Gasteiger partial charge in [0.15, 0.2) is 0 Å². The van der Waals surface area contributed by atoms with Crippen LogP contribution in [-0.4, -0.2) is 71.5 Å². The standard InChI is InChI=1S/C30H33N7O3S/c1-20-28(35(2)34-33-20)23-18-25-27(31-19-23)24-8-9-26(37(38)12-16-41(39)17-13-37)32-30(24)36(25)29(21-6-4-3-5-7-21)22-10-14-40-15-11-22/h3-9,18-19,22,29H,10-17H2,1-2H3/t29-,37?,41?/m1/s1. The molecule has 1 atom stereocenters. The third kappa shape index (κ3) is 4.57. The van der Waals surface area contributed by atoms with E-state index in [2.05, 4.69) is 45.2 Å². The molecular formula is C30H33N7O3S. The molecule has 10 nitrogen and oxygen atoms in total. The molecule has 0 radical (unpaired) electrons. The van der Waals surface area contributed by atoms with Crippen LogP contribution in [0.5, 0.6) is 0 Å². The van der Waals surface area contributed by atoms with E-state index < -0.39 is 15.4 Å². The first-order valence-corrected chi connectivity index (χ1v) is 15.7. The molecule has 0 saturated carbocycles. The van der Waals surface area contributed by atoms with Crippen molar-refractivity contribution in [3.8, 4) is 11.3 Å². The smallest absolute Gasteiger partial charge is 0.229 e. The largest absolute Gasteiger partial charge is 0.626 e. The number of fused-ring (bicyclic) bond motifs is 3. The van der Waals surface area contributed by atoms with Crippen molar-refractivity contribution >= 4 is 38.7 Å². The summed E-state index contributed by atoms with van der Waals surface area (Å²) >= 11 is 0. The van der Waals surface area contributed by atoms with E-state index in [9.17, 15) is 9.42 Å². The topological polar surface area (TPSA) is 111 Å². The zero-order chi connectivity index (χ0) is 28.1. The van der Waals surface area contributed by atoms with E-state index in [-0.39, 0.29) is 19.1 Å². The number of hydrogen-bond donors (Lipinski definition) is 0. The van der Waals surface area contributed by atoms with Gasteiger partial charge in [-0.15, -0.1) is 5.10 Å². The number of nitrogens with zero attached hydrogens (tertiary/aromatic N) is 7. The van der Waals surface area contributed by atoms with Gasteiger partial charge in [0.2, 0.25) is 5.82 Å². The van der Waals surface area contributed by atoms with E-state index in [0.29, 0.717) is 36.5 Å². The van der Waals surface area contributed by atoms with Crippen LogP contribution in [0.1, 0.15) is 30.1 Å². The lowest BCUT2D eigenvalue weighted by Gasteiger charge is -2.43. The Morgan fingerprint density at radius 1 is 1.10 bits per heavy atom. The number of benzene rings is 1. The summed E-state index contributed by atoms with van der Waals surface area (Å²) in [6, 6.07) is 16.5. The quantitative estimate of drug-likeness (QED) is 0.229. The van der Waals surface area contributed by atoms with E-state index in [1.165, 1.54) is 5.56 Å². The van der Waals surface area contributed by atoms with E-state index >= 15 is 0 Å². The van der Waals surface area contributed by atoms with Crippen LogP contribution in [0.3, 0.4) is 0 Å². The van der Waals surface area contributed by atoms with Gasteiger partial charge in [-0.05, 0) is 43.4 Å². The predicted octanol–water partition coefficient (Wildman–Crippen LogP) is 4.27. The minimum atomic E-state index is -0.944. The molecule has 0 amide bonds. The van der Waals surface area contributed by atoms with Gasteiger partial charge in [-0.3, -0.25) is 9.19 Å². The SMILES string of the molecule is Cc1nnn(C)c1-c1cnc2c3ccc([N+]4([O-])CCS(=O)CC4)nc3n([C@H](c3ccccc3)C3CCOCC3)c2c1. The van der Waals surface area contributed by atoms with Gasteiger partial charge in [-0.2, -0.15) is 4.98 Å². The molecule has 7 rings (SSSR count). The van der Waals surface area contributed by atoms with Crippen molar-refractivity contribution in [3.05, 3.63) is 71.2 Å². The minimum absolute atomic E-state index is 0.0281. The first-order valence-electron chi connectivity index (χ1n) is 14.2. The second-order valence-corrected chi connectivity index (χ2v) is 12.8. The summed E-state index contributed by atoms with van der Waals surface area (Å²) < 4.78 is 21.4. The molecule has 2 aliphatic heterocycles. The molecule has 2 fully saturated rings. The lowest BCUT2D eigenvalue weighted by Crippen LogP contribution is -2.52. The summed E-state index contributed by atoms with van der Waals surface area (Å²) in [6.45, 7) is 3.91. The summed E-state index contributed by atoms with van der Waals surface area (Å²) in [7, 11) is 0.945. The number of pyridine rings is 2. The zero-order valence-corrected chi connectivity index (χ0v) is 24.1. The maximum Gasteiger partial charge on any atom is 0.229 e. The fourth-order valence-electron chi connectivity index (χ4n) is 6.51. The van der Waals surface area contributed by atoms with Crippen molar-refractivity contribution in [2.24, 2.45) is 13.0 Å². The van der Waals surface area contributed by atoms with Crippen LogP contribution < -0.4 is 4.65 Å². The highest BCUT2D eigenvalue weighted by atomic mass is 32.2. The molecule has 2 aliphatic rings. The summed E-state index contributed by atoms with van der Waals surface area (Å²) in [5, 5.41) is 23.3. The molecule has 41 heavy (non-hydrogen) atoms. The van der Waals surface area contributed by atoms with Gasteiger partial charge in [0, 0.05) is 54.3 Å². The molecule has 0 spiro atoms. The van der Waals surface area contributed by atoms with Gasteiger partial charge >= 0.3 is 0 Å². The average molecular weight is 572 g/mol. The highest BCUT2D eigenvalue weighted by Crippen LogP contribution is 2.41. The average Bonchev–Trinajstić information content (AvgIpc) is 3.51. The van der Waals surface area contributed by atoms with Gasteiger partial charge in [-0.25, -0.2) is 4.68 Å². The molecule has 2 saturated heterocycles. The monoisotopic (exact) mass is 571 g/mol. The van der Waals surface area contributed by atoms with Gasteiger partial charge in [0.1, 0.15) is 5.65 Å². The zero-order valence-electron chi connectivity index (χ0n) is 23.3.